The molecule has 4 nitrogen and oxygen atoms in total. The minimum Gasteiger partial charge on any atom is -0.495 e. The van der Waals surface area contributed by atoms with Crippen LogP contribution in [0.4, 0.5) is 5.82 Å². The van der Waals surface area contributed by atoms with Crippen molar-refractivity contribution in [3.63, 3.8) is 0 Å². The summed E-state index contributed by atoms with van der Waals surface area (Å²) in [6, 6.07) is 21.9. The Morgan fingerprint density at radius 1 is 0.960 bits per heavy atom. The van der Waals surface area contributed by atoms with Crippen LogP contribution in [0.5, 0.6) is 5.75 Å². The number of nitrogens with one attached hydrogen (secondary N) is 1. The molecule has 25 heavy (non-hydrogen) atoms. The molecule has 4 heteroatoms. The van der Waals surface area contributed by atoms with Crippen LogP contribution in [0.3, 0.4) is 0 Å². The summed E-state index contributed by atoms with van der Waals surface area (Å²) in [6.45, 7) is 0. The molecule has 0 bridgehead atoms. The lowest BCUT2D eigenvalue weighted by Gasteiger charge is -2.00. The number of ether oxygens (including phenoxy) is 1. The Labute approximate surface area is 145 Å². The van der Waals surface area contributed by atoms with E-state index in [9.17, 15) is 0 Å². The van der Waals surface area contributed by atoms with Crippen LogP contribution in [-0.4, -0.2) is 23.3 Å². The van der Waals surface area contributed by atoms with Crippen LogP contribution in [-0.2, 0) is 0 Å². The first-order valence-corrected chi connectivity index (χ1v) is 8.06. The molecule has 2 aromatic heterocycles. The van der Waals surface area contributed by atoms with E-state index >= 15 is 0 Å². The molecule has 2 heterocycles. The number of nitrogens with zero attached hydrogens (tertiary/aromatic N) is 2. The minimum atomic E-state index is 0.679. The molecule has 0 saturated heterocycles. The number of rotatable bonds is 4. The molecule has 4 aromatic rings. The van der Waals surface area contributed by atoms with Gasteiger partial charge in [-0.15, -0.1) is 0 Å². The van der Waals surface area contributed by atoms with Crippen LogP contribution < -0.4 is 4.74 Å². The van der Waals surface area contributed by atoms with Gasteiger partial charge in [0.15, 0.2) is 5.82 Å². The first-order valence-electron chi connectivity index (χ1n) is 8.06. The molecular weight excluding hydrogens is 310 g/mol. The average Bonchev–Trinajstić information content (AvgIpc) is 3.06. The van der Waals surface area contributed by atoms with Crippen molar-refractivity contribution in [1.82, 2.24) is 9.97 Å². The molecule has 0 radical (unpaired) electrons. The van der Waals surface area contributed by atoms with Gasteiger partial charge in [-0.1, -0.05) is 48.5 Å². The quantitative estimate of drug-likeness (QED) is 0.537. The molecule has 1 N–H and O–H groups in total. The van der Waals surface area contributed by atoms with Gasteiger partial charge in [-0.2, -0.15) is 0 Å². The zero-order valence-corrected chi connectivity index (χ0v) is 13.8. The van der Waals surface area contributed by atoms with E-state index in [1.54, 1.807) is 13.3 Å². The summed E-state index contributed by atoms with van der Waals surface area (Å²) in [4.78, 5) is 12.3. The van der Waals surface area contributed by atoms with Crippen LogP contribution in [0.15, 0.2) is 77.9 Å². The van der Waals surface area contributed by atoms with Crippen LogP contribution in [0.1, 0.15) is 5.56 Å². The van der Waals surface area contributed by atoms with E-state index in [1.807, 2.05) is 54.7 Å². The van der Waals surface area contributed by atoms with Crippen molar-refractivity contribution in [3.05, 3.63) is 78.5 Å². The van der Waals surface area contributed by atoms with Crippen LogP contribution in [0, 0.1) is 0 Å². The molecule has 0 saturated carbocycles. The van der Waals surface area contributed by atoms with E-state index in [2.05, 4.69) is 33.2 Å². The second kappa shape index (κ2) is 6.61. The second-order valence-electron chi connectivity index (χ2n) is 5.61. The first-order chi connectivity index (χ1) is 12.4. The first kappa shape index (κ1) is 15.1. The molecule has 0 spiro atoms. The van der Waals surface area contributed by atoms with Crippen LogP contribution in [0.2, 0.25) is 0 Å². The summed E-state index contributed by atoms with van der Waals surface area (Å²) in [5.41, 5.74) is 4.10. The van der Waals surface area contributed by atoms with Crippen molar-refractivity contribution in [3.8, 4) is 17.0 Å². The lowest BCUT2D eigenvalue weighted by Crippen LogP contribution is -1.85. The summed E-state index contributed by atoms with van der Waals surface area (Å²) in [5.74, 6) is 1.49. The van der Waals surface area contributed by atoms with Gasteiger partial charge >= 0.3 is 0 Å². The van der Waals surface area contributed by atoms with Gasteiger partial charge in [-0.3, -0.25) is 0 Å². The summed E-state index contributed by atoms with van der Waals surface area (Å²) in [6.07, 6.45) is 3.60. The number of para-hydroxylation sites is 1. The Morgan fingerprint density at radius 2 is 1.80 bits per heavy atom. The van der Waals surface area contributed by atoms with Gasteiger partial charge in [0.2, 0.25) is 0 Å². The predicted molar refractivity (Wildman–Crippen MR) is 102 cm³/mol. The van der Waals surface area contributed by atoms with Crippen molar-refractivity contribution < 1.29 is 4.74 Å². The topological polar surface area (TPSA) is 50.3 Å². The third-order valence-corrected chi connectivity index (χ3v) is 4.09. The molecule has 2 aromatic carbocycles. The Kier molecular flexibility index (Phi) is 4.01. The third kappa shape index (κ3) is 2.90. The lowest BCUT2D eigenvalue weighted by atomic mass is 10.1. The molecule has 0 fully saturated rings. The molecule has 4 rings (SSSR count). The van der Waals surface area contributed by atoms with E-state index in [4.69, 9.17) is 4.74 Å². The summed E-state index contributed by atoms with van der Waals surface area (Å²) in [5, 5.41) is 1.07. The third-order valence-electron chi connectivity index (χ3n) is 4.09. The number of pyridine rings is 1. The number of fused-ring (bicyclic) bond motifs is 1. The SMILES string of the molecule is COc1cccc2c(C=Nc3ccccn3)c(-c3ccccc3)[nH]c12. The number of benzene rings is 2. The zero-order valence-electron chi connectivity index (χ0n) is 13.8. The highest BCUT2D eigenvalue weighted by Crippen LogP contribution is 2.34. The largest absolute Gasteiger partial charge is 0.495 e. The minimum absolute atomic E-state index is 0.679. The highest BCUT2D eigenvalue weighted by molar-refractivity contribution is 6.07. The smallest absolute Gasteiger partial charge is 0.151 e. The van der Waals surface area contributed by atoms with Gasteiger partial charge in [0.25, 0.3) is 0 Å². The van der Waals surface area contributed by atoms with Gasteiger partial charge in [-0.25, -0.2) is 9.98 Å². The van der Waals surface area contributed by atoms with Crippen molar-refractivity contribution >= 4 is 22.9 Å². The monoisotopic (exact) mass is 327 g/mol. The van der Waals surface area contributed by atoms with Crippen LogP contribution >= 0.6 is 0 Å². The van der Waals surface area contributed by atoms with Crippen molar-refractivity contribution in [1.29, 1.82) is 0 Å². The normalized spacial score (nSPS) is 11.2. The maximum absolute atomic E-state index is 5.51. The molecule has 0 aliphatic rings. The second-order valence-corrected chi connectivity index (χ2v) is 5.61. The highest BCUT2D eigenvalue weighted by Gasteiger charge is 2.14. The van der Waals surface area contributed by atoms with E-state index in [0.717, 1.165) is 33.5 Å². The molecule has 0 aliphatic carbocycles. The van der Waals surface area contributed by atoms with Crippen molar-refractivity contribution in [2.45, 2.75) is 0 Å². The van der Waals surface area contributed by atoms with Gasteiger partial charge in [0, 0.05) is 23.4 Å². The fourth-order valence-electron chi connectivity index (χ4n) is 2.91. The molecular formula is C21H17N3O. The Hall–Kier alpha value is -3.40. The molecule has 122 valence electrons. The average molecular weight is 327 g/mol. The molecule has 0 aliphatic heterocycles. The number of methoxy groups -OCH3 is 1. The molecule has 0 amide bonds. The standard InChI is InChI=1S/C21H17N3O/c1-25-18-11-7-10-16-17(14-23-19-12-5-6-13-22-19)20(24-21(16)18)15-8-3-2-4-9-15/h2-14,24H,1H3. The molecule has 0 unspecified atom stereocenters. The number of aliphatic imine (C=N–C) groups is 1. The highest BCUT2D eigenvalue weighted by atomic mass is 16.5. The maximum atomic E-state index is 5.51. The maximum Gasteiger partial charge on any atom is 0.151 e. The van der Waals surface area contributed by atoms with Gasteiger partial charge in [-0.05, 0) is 23.8 Å². The predicted octanol–water partition coefficient (Wildman–Crippen LogP) is 4.99. The van der Waals surface area contributed by atoms with Gasteiger partial charge in [0.1, 0.15) is 5.75 Å². The van der Waals surface area contributed by atoms with E-state index in [-0.39, 0.29) is 0 Å². The van der Waals surface area contributed by atoms with E-state index in [1.165, 1.54) is 0 Å². The zero-order chi connectivity index (χ0) is 17.1. The fraction of sp³-hybridized carbons (Fsp3) is 0.0476. The Balaban J connectivity index is 1.92. The fourth-order valence-corrected chi connectivity index (χ4v) is 2.91. The van der Waals surface area contributed by atoms with Crippen molar-refractivity contribution in [2.24, 2.45) is 4.99 Å². The summed E-state index contributed by atoms with van der Waals surface area (Å²) >= 11 is 0. The number of hydrogen-bond acceptors (Lipinski definition) is 3. The van der Waals surface area contributed by atoms with E-state index in [0.29, 0.717) is 5.82 Å². The molecule has 0 atom stereocenters. The lowest BCUT2D eigenvalue weighted by molar-refractivity contribution is 0.419. The Morgan fingerprint density at radius 3 is 2.56 bits per heavy atom. The number of aromatic nitrogens is 2. The van der Waals surface area contributed by atoms with Crippen molar-refractivity contribution in [2.75, 3.05) is 7.11 Å². The van der Waals surface area contributed by atoms with E-state index < -0.39 is 0 Å². The number of aromatic amines is 1. The number of hydrogen-bond donors (Lipinski definition) is 1. The number of H-pyrrole nitrogens is 1. The van der Waals surface area contributed by atoms with Gasteiger partial charge < -0.3 is 9.72 Å². The van der Waals surface area contributed by atoms with Gasteiger partial charge in [0.05, 0.1) is 18.3 Å². The summed E-state index contributed by atoms with van der Waals surface area (Å²) < 4.78 is 5.51. The Bertz CT molecular complexity index is 1020. The van der Waals surface area contributed by atoms with Crippen LogP contribution in [0.25, 0.3) is 22.2 Å². The summed E-state index contributed by atoms with van der Waals surface area (Å²) in [7, 11) is 1.68.